The predicted molar refractivity (Wildman–Crippen MR) is 103 cm³/mol. The van der Waals surface area contributed by atoms with Gasteiger partial charge in [0, 0.05) is 25.8 Å². The van der Waals surface area contributed by atoms with Crippen molar-refractivity contribution in [2.45, 2.75) is 22.8 Å². The second kappa shape index (κ2) is 8.83. The molecular weight excluding hydrogens is 412 g/mol. The summed E-state index contributed by atoms with van der Waals surface area (Å²) >= 11 is 5.87. The second-order valence-corrected chi connectivity index (χ2v) is 9.93. The maximum absolute atomic E-state index is 12.2. The molecule has 0 aliphatic heterocycles. The van der Waals surface area contributed by atoms with Gasteiger partial charge in [-0.25, -0.2) is 21.6 Å². The van der Waals surface area contributed by atoms with Crippen molar-refractivity contribution < 1.29 is 21.6 Å². The summed E-state index contributed by atoms with van der Waals surface area (Å²) in [6.07, 6.45) is 1.07. The molecule has 0 unspecified atom stereocenters. The van der Waals surface area contributed by atoms with Crippen LogP contribution in [0.2, 0.25) is 5.02 Å². The van der Waals surface area contributed by atoms with Crippen molar-refractivity contribution in [1.29, 1.82) is 0 Å². The lowest BCUT2D eigenvalue weighted by Gasteiger charge is -2.09. The summed E-state index contributed by atoms with van der Waals surface area (Å²) in [7, 11) is -7.06. The zero-order chi connectivity index (χ0) is 20.1. The summed E-state index contributed by atoms with van der Waals surface area (Å²) in [5.74, 6) is -0.343. The molecule has 0 radical (unpaired) electrons. The molecule has 27 heavy (non-hydrogen) atoms. The van der Waals surface area contributed by atoms with Gasteiger partial charge in [0.15, 0.2) is 9.84 Å². The molecule has 0 aromatic heterocycles. The smallest absolute Gasteiger partial charge is 0.242 e. The van der Waals surface area contributed by atoms with Crippen LogP contribution in [-0.4, -0.2) is 35.5 Å². The molecule has 146 valence electrons. The number of carbonyl (C=O) groups excluding carboxylic acids is 1. The Hall–Kier alpha value is -1.94. The minimum Gasteiger partial charge on any atom is -0.352 e. The second-order valence-electron chi connectivity index (χ2n) is 5.77. The van der Waals surface area contributed by atoms with Gasteiger partial charge in [-0.15, -0.1) is 0 Å². The van der Waals surface area contributed by atoms with Crippen LogP contribution in [0.1, 0.15) is 12.0 Å². The number of benzene rings is 2. The molecule has 2 rings (SSSR count). The van der Waals surface area contributed by atoms with E-state index in [1.165, 1.54) is 24.3 Å². The molecule has 2 aromatic rings. The summed E-state index contributed by atoms with van der Waals surface area (Å²) in [6, 6.07) is 12.2. The third-order valence-corrected chi connectivity index (χ3v) is 6.70. The maximum Gasteiger partial charge on any atom is 0.242 e. The first kappa shape index (κ1) is 21.4. The third-order valence-electron chi connectivity index (χ3n) is 3.61. The van der Waals surface area contributed by atoms with Crippen LogP contribution < -0.4 is 10.0 Å². The van der Waals surface area contributed by atoms with Crippen LogP contribution in [0.15, 0.2) is 58.3 Å². The van der Waals surface area contributed by atoms with Crippen LogP contribution >= 0.6 is 11.6 Å². The molecule has 10 heteroatoms. The number of sulfonamides is 1. The standard InChI is InChI=1S/C17H19ClN2O5S2/c1-26(22,23)14-8-6-13(7-9-14)12-19-17(21)10-11-20-27(24,25)16-5-3-2-4-15(16)18/h2-9,20H,10-12H2,1H3,(H,19,21). The first-order valence-electron chi connectivity index (χ1n) is 7.89. The van der Waals surface area contributed by atoms with E-state index < -0.39 is 19.9 Å². The van der Waals surface area contributed by atoms with E-state index in [-0.39, 0.29) is 40.2 Å². The highest BCUT2D eigenvalue weighted by molar-refractivity contribution is 7.90. The summed E-state index contributed by atoms with van der Waals surface area (Å²) in [4.78, 5) is 12.0. The van der Waals surface area contributed by atoms with Crippen molar-refractivity contribution >= 4 is 37.4 Å². The maximum atomic E-state index is 12.2. The van der Waals surface area contributed by atoms with E-state index in [4.69, 9.17) is 11.6 Å². The van der Waals surface area contributed by atoms with Crippen LogP contribution in [0.5, 0.6) is 0 Å². The molecule has 0 saturated carbocycles. The van der Waals surface area contributed by atoms with Gasteiger partial charge < -0.3 is 5.32 Å². The summed E-state index contributed by atoms with van der Waals surface area (Å²) in [5, 5.41) is 2.75. The lowest BCUT2D eigenvalue weighted by Crippen LogP contribution is -2.30. The molecule has 0 heterocycles. The number of halogens is 1. The molecule has 0 atom stereocenters. The first-order chi connectivity index (χ1) is 12.6. The minimum absolute atomic E-state index is 0.0435. The Morgan fingerprint density at radius 1 is 1.00 bits per heavy atom. The predicted octanol–water partition coefficient (Wildman–Crippen LogP) is 1.73. The van der Waals surface area contributed by atoms with Gasteiger partial charge in [0.05, 0.1) is 9.92 Å². The Morgan fingerprint density at radius 3 is 2.22 bits per heavy atom. The zero-order valence-corrected chi connectivity index (χ0v) is 16.9. The molecule has 0 aliphatic carbocycles. The molecule has 2 aromatic carbocycles. The minimum atomic E-state index is -3.79. The molecule has 0 spiro atoms. The molecule has 2 N–H and O–H groups in total. The number of nitrogens with one attached hydrogen (secondary N) is 2. The Morgan fingerprint density at radius 2 is 1.63 bits per heavy atom. The highest BCUT2D eigenvalue weighted by Gasteiger charge is 2.17. The monoisotopic (exact) mass is 430 g/mol. The quantitative estimate of drug-likeness (QED) is 0.662. The van der Waals surface area contributed by atoms with Gasteiger partial charge in [0.1, 0.15) is 4.90 Å². The molecular formula is C17H19ClN2O5S2. The number of hydrogen-bond acceptors (Lipinski definition) is 5. The van der Waals surface area contributed by atoms with E-state index in [9.17, 15) is 21.6 Å². The highest BCUT2D eigenvalue weighted by atomic mass is 35.5. The lowest BCUT2D eigenvalue weighted by atomic mass is 10.2. The van der Waals surface area contributed by atoms with Gasteiger partial charge in [0.2, 0.25) is 15.9 Å². The van der Waals surface area contributed by atoms with E-state index in [0.717, 1.165) is 11.8 Å². The number of carbonyl (C=O) groups is 1. The van der Waals surface area contributed by atoms with Gasteiger partial charge in [-0.3, -0.25) is 4.79 Å². The number of sulfone groups is 1. The molecule has 0 bridgehead atoms. The van der Waals surface area contributed by atoms with Crippen LogP contribution in [0.3, 0.4) is 0 Å². The van der Waals surface area contributed by atoms with Crippen molar-refractivity contribution in [3.8, 4) is 0 Å². The van der Waals surface area contributed by atoms with Crippen molar-refractivity contribution in [3.05, 3.63) is 59.1 Å². The third kappa shape index (κ3) is 6.31. The normalized spacial score (nSPS) is 11.9. The van der Waals surface area contributed by atoms with Gasteiger partial charge >= 0.3 is 0 Å². The average molecular weight is 431 g/mol. The van der Waals surface area contributed by atoms with Crippen LogP contribution in [0, 0.1) is 0 Å². The highest BCUT2D eigenvalue weighted by Crippen LogP contribution is 2.19. The van der Waals surface area contributed by atoms with E-state index in [0.29, 0.717) is 0 Å². The molecule has 7 nitrogen and oxygen atoms in total. The van der Waals surface area contributed by atoms with Gasteiger partial charge in [0.25, 0.3) is 0 Å². The number of hydrogen-bond donors (Lipinski definition) is 2. The fourth-order valence-corrected chi connectivity index (χ4v) is 4.36. The van der Waals surface area contributed by atoms with Crippen molar-refractivity contribution in [2.24, 2.45) is 0 Å². The van der Waals surface area contributed by atoms with Crippen molar-refractivity contribution in [2.75, 3.05) is 12.8 Å². The van der Waals surface area contributed by atoms with E-state index in [1.807, 2.05) is 0 Å². The van der Waals surface area contributed by atoms with Gasteiger partial charge in [-0.1, -0.05) is 35.9 Å². The summed E-state index contributed by atoms with van der Waals surface area (Å²) < 4.78 is 49.4. The lowest BCUT2D eigenvalue weighted by molar-refractivity contribution is -0.121. The average Bonchev–Trinajstić information content (AvgIpc) is 2.59. The summed E-state index contributed by atoms with van der Waals surface area (Å²) in [5.41, 5.74) is 0.729. The zero-order valence-electron chi connectivity index (χ0n) is 14.5. The number of rotatable bonds is 8. The Bertz CT molecular complexity index is 1020. The van der Waals surface area contributed by atoms with Gasteiger partial charge in [-0.2, -0.15) is 0 Å². The van der Waals surface area contributed by atoms with E-state index >= 15 is 0 Å². The Balaban J connectivity index is 1.82. The van der Waals surface area contributed by atoms with Crippen LogP contribution in [0.4, 0.5) is 0 Å². The Kier molecular flexibility index (Phi) is 6.99. The van der Waals surface area contributed by atoms with Crippen molar-refractivity contribution in [3.63, 3.8) is 0 Å². The van der Waals surface area contributed by atoms with E-state index in [1.54, 1.807) is 24.3 Å². The molecule has 0 saturated heterocycles. The fourth-order valence-electron chi connectivity index (χ4n) is 2.18. The SMILES string of the molecule is CS(=O)(=O)c1ccc(CNC(=O)CCNS(=O)(=O)c2ccccc2Cl)cc1. The van der Waals surface area contributed by atoms with Crippen LogP contribution in [0.25, 0.3) is 0 Å². The van der Waals surface area contributed by atoms with Crippen molar-refractivity contribution in [1.82, 2.24) is 10.0 Å². The Labute approximate surface area is 163 Å². The topological polar surface area (TPSA) is 109 Å². The molecule has 1 amide bonds. The first-order valence-corrected chi connectivity index (χ1v) is 11.6. The largest absolute Gasteiger partial charge is 0.352 e. The van der Waals surface area contributed by atoms with Gasteiger partial charge in [-0.05, 0) is 29.8 Å². The molecule has 0 aliphatic rings. The van der Waals surface area contributed by atoms with E-state index in [2.05, 4.69) is 10.0 Å². The molecule has 0 fully saturated rings. The fraction of sp³-hybridized carbons (Fsp3) is 0.235. The summed E-state index contributed by atoms with van der Waals surface area (Å²) in [6.45, 7) is 0.131. The number of amides is 1. The van der Waals surface area contributed by atoms with Crippen LogP contribution in [-0.2, 0) is 31.2 Å².